The van der Waals surface area contributed by atoms with E-state index in [-0.39, 0.29) is 5.97 Å². The summed E-state index contributed by atoms with van der Waals surface area (Å²) in [6.07, 6.45) is 1.49. The molecule has 1 atom stereocenters. The highest BCUT2D eigenvalue weighted by molar-refractivity contribution is 7.09. The van der Waals surface area contributed by atoms with E-state index < -0.39 is 0 Å². The van der Waals surface area contributed by atoms with Gasteiger partial charge in [-0.2, -0.15) is 0 Å². The maximum absolute atomic E-state index is 11.2. The number of hydrogen-bond acceptors (Lipinski definition) is 3. The number of carbonyl (C=O) groups is 1. The maximum atomic E-state index is 11.2. The molecule has 3 heteroatoms. The standard InChI is InChI=1S/C11H16O2S/c1-3-13-11(12)8-9(2)7-10-5-4-6-14-10/h4-6,9H,3,7-8H2,1-2H3. The Morgan fingerprint density at radius 3 is 3.00 bits per heavy atom. The smallest absolute Gasteiger partial charge is 0.306 e. The molecule has 0 bridgehead atoms. The van der Waals surface area contributed by atoms with Gasteiger partial charge in [0.25, 0.3) is 0 Å². The fourth-order valence-corrected chi connectivity index (χ4v) is 2.22. The summed E-state index contributed by atoms with van der Waals surface area (Å²) in [6, 6.07) is 4.14. The van der Waals surface area contributed by atoms with Crippen molar-refractivity contribution in [3.63, 3.8) is 0 Å². The van der Waals surface area contributed by atoms with E-state index in [0.717, 1.165) is 6.42 Å². The van der Waals surface area contributed by atoms with Crippen molar-refractivity contribution in [3.05, 3.63) is 22.4 Å². The fraction of sp³-hybridized carbons (Fsp3) is 0.545. The van der Waals surface area contributed by atoms with Crippen LogP contribution in [0.5, 0.6) is 0 Å². The normalized spacial score (nSPS) is 12.4. The van der Waals surface area contributed by atoms with Crippen LogP contribution in [0.25, 0.3) is 0 Å². The minimum absolute atomic E-state index is 0.0865. The minimum atomic E-state index is -0.0865. The molecule has 0 aromatic carbocycles. The first-order valence-electron chi connectivity index (χ1n) is 4.90. The van der Waals surface area contributed by atoms with E-state index in [4.69, 9.17) is 4.74 Å². The van der Waals surface area contributed by atoms with Crippen molar-refractivity contribution in [1.29, 1.82) is 0 Å². The molecule has 2 nitrogen and oxygen atoms in total. The number of esters is 1. The van der Waals surface area contributed by atoms with Crippen molar-refractivity contribution in [2.45, 2.75) is 26.7 Å². The second kappa shape index (κ2) is 5.81. The third-order valence-corrected chi connectivity index (χ3v) is 2.85. The SMILES string of the molecule is CCOC(=O)CC(C)Cc1cccs1. The number of ether oxygens (including phenoxy) is 1. The molecule has 0 saturated carbocycles. The molecule has 0 radical (unpaired) electrons. The van der Waals surface area contributed by atoms with Crippen LogP contribution < -0.4 is 0 Å². The highest BCUT2D eigenvalue weighted by Gasteiger charge is 2.10. The topological polar surface area (TPSA) is 26.3 Å². The Morgan fingerprint density at radius 2 is 2.43 bits per heavy atom. The zero-order valence-electron chi connectivity index (χ0n) is 8.66. The summed E-state index contributed by atoms with van der Waals surface area (Å²) in [6.45, 7) is 4.39. The third kappa shape index (κ3) is 3.92. The average Bonchev–Trinajstić information content (AvgIpc) is 2.56. The average molecular weight is 212 g/mol. The quantitative estimate of drug-likeness (QED) is 0.701. The van der Waals surface area contributed by atoms with Crippen molar-refractivity contribution < 1.29 is 9.53 Å². The van der Waals surface area contributed by atoms with Crippen LogP contribution >= 0.6 is 11.3 Å². The van der Waals surface area contributed by atoms with Crippen LogP contribution in [0.3, 0.4) is 0 Å². The lowest BCUT2D eigenvalue weighted by molar-refractivity contribution is -0.144. The van der Waals surface area contributed by atoms with Crippen molar-refractivity contribution in [3.8, 4) is 0 Å². The number of hydrogen-bond donors (Lipinski definition) is 0. The number of thiophene rings is 1. The summed E-state index contributed by atoms with van der Waals surface area (Å²) in [7, 11) is 0. The van der Waals surface area contributed by atoms with E-state index in [9.17, 15) is 4.79 Å². The zero-order chi connectivity index (χ0) is 10.4. The summed E-state index contributed by atoms with van der Waals surface area (Å²) in [5.41, 5.74) is 0. The van der Waals surface area contributed by atoms with Crippen molar-refractivity contribution in [1.82, 2.24) is 0 Å². The lowest BCUT2D eigenvalue weighted by Crippen LogP contribution is -2.10. The van der Waals surface area contributed by atoms with Gasteiger partial charge in [-0.3, -0.25) is 4.79 Å². The molecule has 0 amide bonds. The molecule has 1 aromatic heterocycles. The lowest BCUT2D eigenvalue weighted by Gasteiger charge is -2.08. The predicted molar refractivity (Wildman–Crippen MR) is 58.4 cm³/mol. The monoisotopic (exact) mass is 212 g/mol. The molecule has 1 unspecified atom stereocenters. The molecule has 14 heavy (non-hydrogen) atoms. The molecule has 0 aliphatic carbocycles. The Labute approximate surface area is 88.9 Å². The second-order valence-corrected chi connectivity index (χ2v) is 4.43. The Bertz CT molecular complexity index is 267. The number of rotatable bonds is 5. The van der Waals surface area contributed by atoms with E-state index in [2.05, 4.69) is 18.4 Å². The molecule has 0 saturated heterocycles. The summed E-state index contributed by atoms with van der Waals surface area (Å²) >= 11 is 1.74. The van der Waals surface area contributed by atoms with Gasteiger partial charge in [0.2, 0.25) is 0 Å². The Morgan fingerprint density at radius 1 is 1.64 bits per heavy atom. The molecule has 0 N–H and O–H groups in total. The first-order valence-corrected chi connectivity index (χ1v) is 5.78. The van der Waals surface area contributed by atoms with Gasteiger partial charge in [0.1, 0.15) is 0 Å². The third-order valence-electron chi connectivity index (χ3n) is 1.95. The van der Waals surface area contributed by atoms with Crippen molar-refractivity contribution in [2.75, 3.05) is 6.61 Å². The number of carbonyl (C=O) groups excluding carboxylic acids is 1. The first-order chi connectivity index (χ1) is 6.72. The molecule has 0 spiro atoms. The Hall–Kier alpha value is -0.830. The van der Waals surface area contributed by atoms with Gasteiger partial charge >= 0.3 is 5.97 Å². The van der Waals surface area contributed by atoms with Gasteiger partial charge in [-0.25, -0.2) is 0 Å². The van der Waals surface area contributed by atoms with Gasteiger partial charge in [0, 0.05) is 11.3 Å². The summed E-state index contributed by atoms with van der Waals surface area (Å²) in [4.78, 5) is 12.5. The minimum Gasteiger partial charge on any atom is -0.466 e. The van der Waals surface area contributed by atoms with Crippen LogP contribution in [0.15, 0.2) is 17.5 Å². The Balaban J connectivity index is 2.29. The van der Waals surface area contributed by atoms with Gasteiger partial charge in [0.05, 0.1) is 6.61 Å². The van der Waals surface area contributed by atoms with Crippen LogP contribution in [-0.2, 0) is 16.0 Å². The maximum Gasteiger partial charge on any atom is 0.306 e. The van der Waals surface area contributed by atoms with E-state index in [1.807, 2.05) is 13.0 Å². The van der Waals surface area contributed by atoms with E-state index in [1.54, 1.807) is 11.3 Å². The fourth-order valence-electron chi connectivity index (χ4n) is 1.35. The summed E-state index contributed by atoms with van der Waals surface area (Å²) in [5.74, 6) is 0.282. The van der Waals surface area contributed by atoms with Gasteiger partial charge < -0.3 is 4.74 Å². The highest BCUT2D eigenvalue weighted by Crippen LogP contribution is 2.16. The molecule has 1 aromatic rings. The van der Waals surface area contributed by atoms with Gasteiger partial charge in [-0.1, -0.05) is 13.0 Å². The zero-order valence-corrected chi connectivity index (χ0v) is 9.47. The second-order valence-electron chi connectivity index (χ2n) is 3.40. The molecule has 1 rings (SSSR count). The van der Waals surface area contributed by atoms with Crippen LogP contribution in [-0.4, -0.2) is 12.6 Å². The van der Waals surface area contributed by atoms with E-state index in [1.165, 1.54) is 4.88 Å². The lowest BCUT2D eigenvalue weighted by atomic mass is 10.0. The molecule has 1 heterocycles. The van der Waals surface area contributed by atoms with Crippen LogP contribution in [0.4, 0.5) is 0 Å². The van der Waals surface area contributed by atoms with E-state index in [0.29, 0.717) is 18.9 Å². The largest absolute Gasteiger partial charge is 0.466 e. The summed E-state index contributed by atoms with van der Waals surface area (Å²) in [5, 5.41) is 2.06. The summed E-state index contributed by atoms with van der Waals surface area (Å²) < 4.78 is 4.90. The molecule has 0 aliphatic heterocycles. The van der Waals surface area contributed by atoms with Crippen LogP contribution in [0.2, 0.25) is 0 Å². The Kier molecular flexibility index (Phi) is 4.66. The molecular weight excluding hydrogens is 196 g/mol. The van der Waals surface area contributed by atoms with Crippen LogP contribution in [0.1, 0.15) is 25.1 Å². The van der Waals surface area contributed by atoms with Crippen LogP contribution in [0, 0.1) is 5.92 Å². The van der Waals surface area contributed by atoms with Gasteiger partial charge in [0.15, 0.2) is 0 Å². The highest BCUT2D eigenvalue weighted by atomic mass is 32.1. The van der Waals surface area contributed by atoms with Crippen molar-refractivity contribution in [2.24, 2.45) is 5.92 Å². The molecular formula is C11H16O2S. The molecule has 78 valence electrons. The van der Waals surface area contributed by atoms with Gasteiger partial charge in [-0.05, 0) is 30.7 Å². The molecule has 0 aliphatic rings. The molecule has 0 fully saturated rings. The first kappa shape index (κ1) is 11.2. The predicted octanol–water partition coefficient (Wildman–Crippen LogP) is 2.88. The van der Waals surface area contributed by atoms with E-state index >= 15 is 0 Å². The van der Waals surface area contributed by atoms with Crippen molar-refractivity contribution >= 4 is 17.3 Å². The van der Waals surface area contributed by atoms with Gasteiger partial charge in [-0.15, -0.1) is 11.3 Å².